The van der Waals surface area contributed by atoms with Gasteiger partial charge in [0.2, 0.25) is 0 Å². The lowest BCUT2D eigenvalue weighted by Crippen LogP contribution is -2.10. The van der Waals surface area contributed by atoms with Crippen LogP contribution in [0.2, 0.25) is 5.02 Å². The summed E-state index contributed by atoms with van der Waals surface area (Å²) < 4.78 is 11.3. The number of carbonyl (C=O) groups is 1. The Bertz CT molecular complexity index is 469. The fourth-order valence-corrected chi connectivity index (χ4v) is 1.92. The minimum Gasteiger partial charge on any atom is -0.491 e. The molecule has 0 unspecified atom stereocenters. The standard InChI is InChI=1S/C15H21ClO4/c1-9(2)19-13-8-12(16)14(20-10(3)4)7-11(13)5-6-15(17)18/h7-10H,5-6H2,1-4H3,(H,17,18). The average Bonchev–Trinajstić information content (AvgIpc) is 2.29. The number of hydrogen-bond donors (Lipinski definition) is 1. The largest absolute Gasteiger partial charge is 0.491 e. The monoisotopic (exact) mass is 300 g/mol. The molecule has 0 saturated heterocycles. The van der Waals surface area contributed by atoms with Crippen molar-refractivity contribution in [1.29, 1.82) is 0 Å². The van der Waals surface area contributed by atoms with Crippen LogP contribution in [0.4, 0.5) is 0 Å². The molecule has 20 heavy (non-hydrogen) atoms. The molecule has 0 aromatic heterocycles. The lowest BCUT2D eigenvalue weighted by Gasteiger charge is -2.18. The van der Waals surface area contributed by atoms with E-state index < -0.39 is 5.97 Å². The quantitative estimate of drug-likeness (QED) is 0.829. The maximum Gasteiger partial charge on any atom is 0.303 e. The Labute approximate surface area is 124 Å². The summed E-state index contributed by atoms with van der Waals surface area (Å²) in [5.74, 6) is 0.322. The lowest BCUT2D eigenvalue weighted by molar-refractivity contribution is -0.136. The van der Waals surface area contributed by atoms with Crippen molar-refractivity contribution in [3.8, 4) is 11.5 Å². The molecule has 4 nitrogen and oxygen atoms in total. The SMILES string of the molecule is CC(C)Oc1cc(CCC(=O)O)c(OC(C)C)cc1Cl. The molecule has 0 radical (unpaired) electrons. The molecule has 0 fully saturated rings. The zero-order valence-electron chi connectivity index (χ0n) is 12.3. The van der Waals surface area contributed by atoms with Crippen LogP contribution < -0.4 is 9.47 Å². The second kappa shape index (κ2) is 7.39. The molecule has 0 heterocycles. The van der Waals surface area contributed by atoms with Gasteiger partial charge < -0.3 is 14.6 Å². The molecule has 0 amide bonds. The number of aryl methyl sites for hydroxylation is 1. The summed E-state index contributed by atoms with van der Waals surface area (Å²) in [5, 5.41) is 9.28. The van der Waals surface area contributed by atoms with Crippen molar-refractivity contribution in [2.45, 2.75) is 52.7 Å². The van der Waals surface area contributed by atoms with E-state index in [4.69, 9.17) is 26.2 Å². The van der Waals surface area contributed by atoms with E-state index in [1.807, 2.05) is 27.7 Å². The summed E-state index contributed by atoms with van der Waals surface area (Å²) in [7, 11) is 0. The Hall–Kier alpha value is -1.42. The van der Waals surface area contributed by atoms with Crippen molar-refractivity contribution in [2.75, 3.05) is 0 Å². The normalized spacial score (nSPS) is 10.9. The number of carboxylic acids is 1. The van der Waals surface area contributed by atoms with Gasteiger partial charge >= 0.3 is 5.97 Å². The molecule has 0 aliphatic rings. The zero-order chi connectivity index (χ0) is 15.3. The number of ether oxygens (including phenoxy) is 2. The van der Waals surface area contributed by atoms with Crippen LogP contribution in [0.1, 0.15) is 39.7 Å². The van der Waals surface area contributed by atoms with Crippen LogP contribution in [0.5, 0.6) is 11.5 Å². The fraction of sp³-hybridized carbons (Fsp3) is 0.533. The Morgan fingerprint density at radius 2 is 1.70 bits per heavy atom. The molecule has 1 N–H and O–H groups in total. The molecule has 0 aliphatic carbocycles. The van der Waals surface area contributed by atoms with Crippen molar-refractivity contribution in [1.82, 2.24) is 0 Å². The van der Waals surface area contributed by atoms with Crippen LogP contribution in [-0.4, -0.2) is 23.3 Å². The number of rotatable bonds is 7. The van der Waals surface area contributed by atoms with Crippen molar-refractivity contribution in [3.63, 3.8) is 0 Å². The van der Waals surface area contributed by atoms with E-state index in [1.54, 1.807) is 12.1 Å². The first-order chi connectivity index (χ1) is 9.29. The minimum absolute atomic E-state index is 0.00306. The molecule has 0 bridgehead atoms. The summed E-state index contributed by atoms with van der Waals surface area (Å²) in [5.41, 5.74) is 0.793. The van der Waals surface area contributed by atoms with E-state index in [2.05, 4.69) is 0 Å². The van der Waals surface area contributed by atoms with E-state index in [-0.39, 0.29) is 18.6 Å². The maximum absolute atomic E-state index is 10.7. The first-order valence-corrected chi connectivity index (χ1v) is 7.05. The van der Waals surface area contributed by atoms with Gasteiger partial charge in [0.1, 0.15) is 11.5 Å². The molecule has 0 spiro atoms. The van der Waals surface area contributed by atoms with Gasteiger partial charge in [-0.25, -0.2) is 0 Å². The van der Waals surface area contributed by atoms with E-state index >= 15 is 0 Å². The third-order valence-corrected chi connectivity index (χ3v) is 2.74. The van der Waals surface area contributed by atoms with Crippen molar-refractivity contribution in [2.24, 2.45) is 0 Å². The molecule has 0 atom stereocenters. The minimum atomic E-state index is -0.846. The summed E-state index contributed by atoms with van der Waals surface area (Å²) in [6, 6.07) is 3.46. The van der Waals surface area contributed by atoms with Gasteiger partial charge in [-0.2, -0.15) is 0 Å². The molecule has 0 aliphatic heterocycles. The van der Waals surface area contributed by atoms with Crippen LogP contribution in [-0.2, 0) is 11.2 Å². The lowest BCUT2D eigenvalue weighted by atomic mass is 10.1. The van der Waals surface area contributed by atoms with E-state index in [1.165, 1.54) is 0 Å². The number of hydrogen-bond acceptors (Lipinski definition) is 3. The van der Waals surface area contributed by atoms with Crippen LogP contribution in [0, 0.1) is 0 Å². The first-order valence-electron chi connectivity index (χ1n) is 6.67. The Kier molecular flexibility index (Phi) is 6.14. The Balaban J connectivity index is 3.08. The predicted molar refractivity (Wildman–Crippen MR) is 78.9 cm³/mol. The third kappa shape index (κ3) is 5.29. The first kappa shape index (κ1) is 16.6. The molecular formula is C15H21ClO4. The van der Waals surface area contributed by atoms with Crippen molar-refractivity contribution in [3.05, 3.63) is 22.7 Å². The van der Waals surface area contributed by atoms with E-state index in [9.17, 15) is 4.79 Å². The molecule has 1 aromatic carbocycles. The summed E-state index contributed by atoms with van der Waals surface area (Å²) in [4.78, 5) is 10.7. The Morgan fingerprint density at radius 3 is 2.20 bits per heavy atom. The number of carboxylic acid groups (broad SMARTS) is 1. The third-order valence-electron chi connectivity index (χ3n) is 2.45. The summed E-state index contributed by atoms with van der Waals surface area (Å²) in [6.07, 6.45) is 0.406. The highest BCUT2D eigenvalue weighted by Crippen LogP contribution is 2.34. The topological polar surface area (TPSA) is 55.8 Å². The second-order valence-corrected chi connectivity index (χ2v) is 5.52. The molecule has 1 rings (SSSR count). The van der Waals surface area contributed by atoms with Gasteiger partial charge in [0, 0.05) is 12.5 Å². The van der Waals surface area contributed by atoms with Gasteiger partial charge in [0.15, 0.2) is 0 Å². The Morgan fingerprint density at radius 1 is 1.15 bits per heavy atom. The molecule has 1 aromatic rings. The van der Waals surface area contributed by atoms with Crippen LogP contribution >= 0.6 is 11.6 Å². The van der Waals surface area contributed by atoms with Crippen LogP contribution in [0.25, 0.3) is 0 Å². The van der Waals surface area contributed by atoms with Gasteiger partial charge in [-0.3, -0.25) is 4.79 Å². The highest BCUT2D eigenvalue weighted by atomic mass is 35.5. The average molecular weight is 301 g/mol. The molecule has 112 valence electrons. The summed E-state index contributed by atoms with van der Waals surface area (Å²) >= 11 is 6.17. The summed E-state index contributed by atoms with van der Waals surface area (Å²) in [6.45, 7) is 7.64. The molecule has 0 saturated carbocycles. The predicted octanol–water partition coefficient (Wildman–Crippen LogP) is 3.93. The number of aliphatic carboxylic acids is 1. The molecular weight excluding hydrogens is 280 g/mol. The van der Waals surface area contributed by atoms with Crippen molar-refractivity contribution >= 4 is 17.6 Å². The maximum atomic E-state index is 10.7. The van der Waals surface area contributed by atoms with Gasteiger partial charge in [-0.05, 0) is 45.7 Å². The van der Waals surface area contributed by atoms with Crippen LogP contribution in [0.15, 0.2) is 12.1 Å². The van der Waals surface area contributed by atoms with Gasteiger partial charge in [-0.15, -0.1) is 0 Å². The zero-order valence-corrected chi connectivity index (χ0v) is 13.0. The number of halogens is 1. The van der Waals surface area contributed by atoms with Crippen LogP contribution in [0.3, 0.4) is 0 Å². The van der Waals surface area contributed by atoms with E-state index in [0.29, 0.717) is 22.9 Å². The smallest absolute Gasteiger partial charge is 0.303 e. The van der Waals surface area contributed by atoms with Crippen molar-refractivity contribution < 1.29 is 19.4 Å². The molecule has 5 heteroatoms. The highest BCUT2D eigenvalue weighted by Gasteiger charge is 2.14. The number of benzene rings is 1. The van der Waals surface area contributed by atoms with Gasteiger partial charge in [-0.1, -0.05) is 11.6 Å². The van der Waals surface area contributed by atoms with Gasteiger partial charge in [0.25, 0.3) is 0 Å². The second-order valence-electron chi connectivity index (χ2n) is 5.12. The fourth-order valence-electron chi connectivity index (χ4n) is 1.72. The highest BCUT2D eigenvalue weighted by molar-refractivity contribution is 6.32. The van der Waals surface area contributed by atoms with E-state index in [0.717, 1.165) is 5.56 Å². The van der Waals surface area contributed by atoms with Gasteiger partial charge in [0.05, 0.1) is 17.2 Å².